The minimum Gasteiger partial charge on any atom is -0.385 e. The Morgan fingerprint density at radius 1 is 1.20 bits per heavy atom. The molecule has 1 aromatic carbocycles. The highest BCUT2D eigenvalue weighted by Gasteiger charge is 1.86. The third-order valence-electron chi connectivity index (χ3n) is 1.82. The van der Waals surface area contributed by atoms with Gasteiger partial charge >= 0.3 is 0 Å². The van der Waals surface area contributed by atoms with Crippen LogP contribution in [0.2, 0.25) is 0 Å². The number of hydrogen-bond acceptors (Lipinski definition) is 2. The quantitative estimate of drug-likeness (QED) is 0.522. The SMILES string of the molecule is COCCCOPC=Cc1ccccc1. The molecule has 0 amide bonds. The fraction of sp³-hybridized carbons (Fsp3) is 0.333. The zero-order valence-corrected chi connectivity index (χ0v) is 9.98. The molecule has 0 saturated heterocycles. The Hall–Kier alpha value is -0.690. The molecule has 1 unspecified atom stereocenters. The average molecular weight is 224 g/mol. The Morgan fingerprint density at radius 2 is 2.00 bits per heavy atom. The molecular formula is C12H17O2P. The minimum absolute atomic E-state index is 0.433. The Morgan fingerprint density at radius 3 is 2.73 bits per heavy atom. The molecule has 1 atom stereocenters. The van der Waals surface area contributed by atoms with Crippen LogP contribution in [0.3, 0.4) is 0 Å². The lowest BCUT2D eigenvalue weighted by Crippen LogP contribution is -1.92. The smallest absolute Gasteiger partial charge is 0.0531 e. The highest BCUT2D eigenvalue weighted by molar-refractivity contribution is 7.36. The zero-order valence-electron chi connectivity index (χ0n) is 8.98. The van der Waals surface area contributed by atoms with Crippen LogP contribution in [0.4, 0.5) is 0 Å². The summed E-state index contributed by atoms with van der Waals surface area (Å²) in [5.41, 5.74) is 1.21. The van der Waals surface area contributed by atoms with Gasteiger partial charge < -0.3 is 9.26 Å². The van der Waals surface area contributed by atoms with Crippen molar-refractivity contribution in [3.05, 3.63) is 41.7 Å². The molecular weight excluding hydrogens is 207 g/mol. The molecule has 0 aromatic heterocycles. The molecule has 0 aliphatic heterocycles. The van der Waals surface area contributed by atoms with Crippen LogP contribution in [-0.4, -0.2) is 20.3 Å². The van der Waals surface area contributed by atoms with E-state index in [2.05, 4.69) is 24.0 Å². The van der Waals surface area contributed by atoms with E-state index >= 15 is 0 Å². The van der Waals surface area contributed by atoms with E-state index in [4.69, 9.17) is 9.26 Å². The van der Waals surface area contributed by atoms with Gasteiger partial charge in [-0.2, -0.15) is 0 Å². The van der Waals surface area contributed by atoms with E-state index in [1.54, 1.807) is 7.11 Å². The van der Waals surface area contributed by atoms with Crippen molar-refractivity contribution in [1.29, 1.82) is 0 Å². The van der Waals surface area contributed by atoms with Gasteiger partial charge in [0, 0.05) is 22.5 Å². The molecule has 0 radical (unpaired) electrons. The molecule has 0 N–H and O–H groups in total. The zero-order chi connectivity index (χ0) is 10.8. The normalized spacial score (nSPS) is 11.8. The maximum Gasteiger partial charge on any atom is 0.0531 e. The number of rotatable bonds is 7. The first-order chi connectivity index (χ1) is 7.43. The lowest BCUT2D eigenvalue weighted by atomic mass is 10.2. The number of hydrogen-bond donors (Lipinski definition) is 0. The molecule has 82 valence electrons. The lowest BCUT2D eigenvalue weighted by Gasteiger charge is -1.99. The molecule has 1 aromatic rings. The summed E-state index contributed by atoms with van der Waals surface area (Å²) >= 11 is 0. The van der Waals surface area contributed by atoms with E-state index in [0.717, 1.165) is 19.6 Å². The van der Waals surface area contributed by atoms with Gasteiger partial charge in [0.15, 0.2) is 0 Å². The van der Waals surface area contributed by atoms with Crippen LogP contribution in [0.15, 0.2) is 36.1 Å². The Labute approximate surface area is 93.2 Å². The maximum absolute atomic E-state index is 5.42. The second-order valence-corrected chi connectivity index (χ2v) is 3.91. The second kappa shape index (κ2) is 8.60. The first-order valence-corrected chi connectivity index (χ1v) is 6.00. The topological polar surface area (TPSA) is 18.5 Å². The first-order valence-electron chi connectivity index (χ1n) is 5.01. The molecule has 0 spiro atoms. The molecule has 1 rings (SSSR count). The molecule has 0 saturated carbocycles. The summed E-state index contributed by atoms with van der Waals surface area (Å²) < 4.78 is 10.3. The summed E-state index contributed by atoms with van der Waals surface area (Å²) in [4.78, 5) is 0. The second-order valence-electron chi connectivity index (χ2n) is 3.06. The standard InChI is InChI=1S/C12H17O2P/c1-13-9-5-10-14-15-11-8-12-6-3-2-4-7-12/h2-4,6-8,11,15H,5,9-10H2,1H3. The Kier molecular flexibility index (Phi) is 7.10. The van der Waals surface area contributed by atoms with E-state index in [9.17, 15) is 0 Å². The summed E-state index contributed by atoms with van der Waals surface area (Å²) in [5.74, 6) is 2.06. The van der Waals surface area contributed by atoms with E-state index in [1.165, 1.54) is 5.56 Å². The van der Waals surface area contributed by atoms with E-state index in [1.807, 2.05) is 18.2 Å². The predicted molar refractivity (Wildman–Crippen MR) is 66.2 cm³/mol. The lowest BCUT2D eigenvalue weighted by molar-refractivity contribution is 0.177. The number of methoxy groups -OCH3 is 1. The van der Waals surface area contributed by atoms with Crippen LogP contribution in [0.5, 0.6) is 0 Å². The summed E-state index contributed by atoms with van der Waals surface area (Å²) in [6, 6.07) is 10.2. The fourth-order valence-corrected chi connectivity index (χ4v) is 1.70. The van der Waals surface area contributed by atoms with Gasteiger partial charge in [0.2, 0.25) is 0 Å². The van der Waals surface area contributed by atoms with E-state index < -0.39 is 0 Å². The van der Waals surface area contributed by atoms with Crippen molar-refractivity contribution in [3.63, 3.8) is 0 Å². The van der Waals surface area contributed by atoms with Crippen LogP contribution in [-0.2, 0) is 9.26 Å². The Bertz CT molecular complexity index is 272. The van der Waals surface area contributed by atoms with Crippen molar-refractivity contribution < 1.29 is 9.26 Å². The molecule has 0 aliphatic carbocycles. The summed E-state index contributed by atoms with van der Waals surface area (Å²) in [5, 5.41) is 0. The van der Waals surface area contributed by atoms with Crippen LogP contribution >= 0.6 is 8.81 Å². The predicted octanol–water partition coefficient (Wildman–Crippen LogP) is 3.30. The maximum atomic E-state index is 5.42. The highest BCUT2D eigenvalue weighted by Crippen LogP contribution is 2.16. The van der Waals surface area contributed by atoms with Gasteiger partial charge in [0.05, 0.1) is 6.61 Å². The third kappa shape index (κ3) is 6.40. The minimum atomic E-state index is 0.433. The molecule has 3 heteroatoms. The van der Waals surface area contributed by atoms with Crippen LogP contribution in [0, 0.1) is 0 Å². The van der Waals surface area contributed by atoms with Gasteiger partial charge in [0.25, 0.3) is 0 Å². The summed E-state index contributed by atoms with van der Waals surface area (Å²) in [6.45, 7) is 1.54. The first kappa shape index (κ1) is 12.4. The van der Waals surface area contributed by atoms with Crippen LogP contribution in [0.25, 0.3) is 6.08 Å². The highest BCUT2D eigenvalue weighted by atomic mass is 31.1. The van der Waals surface area contributed by atoms with Crippen molar-refractivity contribution in [2.24, 2.45) is 0 Å². The van der Waals surface area contributed by atoms with Crippen molar-refractivity contribution in [2.45, 2.75) is 6.42 Å². The average Bonchev–Trinajstić information content (AvgIpc) is 2.29. The molecule has 0 fully saturated rings. The van der Waals surface area contributed by atoms with Gasteiger partial charge in [-0.05, 0) is 17.8 Å². The molecule has 0 bridgehead atoms. The van der Waals surface area contributed by atoms with Crippen molar-refractivity contribution in [1.82, 2.24) is 0 Å². The fourth-order valence-electron chi connectivity index (χ4n) is 1.08. The summed E-state index contributed by atoms with van der Waals surface area (Å²) in [7, 11) is 2.14. The molecule has 2 nitrogen and oxygen atoms in total. The monoisotopic (exact) mass is 224 g/mol. The third-order valence-corrected chi connectivity index (χ3v) is 2.50. The number of ether oxygens (including phenoxy) is 1. The van der Waals surface area contributed by atoms with Gasteiger partial charge in [-0.15, -0.1) is 0 Å². The van der Waals surface area contributed by atoms with Crippen molar-refractivity contribution >= 4 is 14.9 Å². The molecule has 15 heavy (non-hydrogen) atoms. The van der Waals surface area contributed by atoms with Gasteiger partial charge in [0.1, 0.15) is 0 Å². The van der Waals surface area contributed by atoms with Crippen LogP contribution < -0.4 is 0 Å². The number of benzene rings is 1. The van der Waals surface area contributed by atoms with Gasteiger partial charge in [-0.1, -0.05) is 36.4 Å². The van der Waals surface area contributed by atoms with Gasteiger partial charge in [-0.25, -0.2) is 0 Å². The largest absolute Gasteiger partial charge is 0.385 e. The van der Waals surface area contributed by atoms with Crippen LogP contribution in [0.1, 0.15) is 12.0 Å². The summed E-state index contributed by atoms with van der Waals surface area (Å²) in [6.07, 6.45) is 3.04. The molecule has 0 heterocycles. The van der Waals surface area contributed by atoms with Crippen molar-refractivity contribution in [2.75, 3.05) is 20.3 Å². The van der Waals surface area contributed by atoms with Crippen molar-refractivity contribution in [3.8, 4) is 0 Å². The van der Waals surface area contributed by atoms with E-state index in [0.29, 0.717) is 8.81 Å². The Balaban J connectivity index is 2.07. The van der Waals surface area contributed by atoms with E-state index in [-0.39, 0.29) is 0 Å². The van der Waals surface area contributed by atoms with Gasteiger partial charge in [-0.3, -0.25) is 0 Å². The molecule has 0 aliphatic rings.